The second-order valence-corrected chi connectivity index (χ2v) is 5.49. The summed E-state index contributed by atoms with van der Waals surface area (Å²) in [7, 11) is 0. The Kier molecular flexibility index (Phi) is 4.21. The molecule has 0 aliphatic carbocycles. The van der Waals surface area contributed by atoms with Gasteiger partial charge in [0, 0.05) is 0 Å². The van der Waals surface area contributed by atoms with Gasteiger partial charge in [-0.2, -0.15) is 0 Å². The number of amides is 1. The van der Waals surface area contributed by atoms with Gasteiger partial charge < -0.3 is 10.1 Å². The first-order valence-corrected chi connectivity index (χ1v) is 6.47. The molecule has 0 saturated heterocycles. The molecule has 1 N–H and O–H groups in total. The predicted octanol–water partition coefficient (Wildman–Crippen LogP) is 2.43. The zero-order valence-electron chi connectivity index (χ0n) is 12.1. The number of ether oxygens (including phenoxy) is 1. The van der Waals surface area contributed by atoms with Crippen molar-refractivity contribution in [3.8, 4) is 5.69 Å². The number of aromatic nitrogens is 3. The summed E-state index contributed by atoms with van der Waals surface area (Å²) in [5.74, 6) is -0.314. The van der Waals surface area contributed by atoms with E-state index in [0.717, 1.165) is 0 Å². The van der Waals surface area contributed by atoms with Crippen LogP contribution in [0.25, 0.3) is 5.69 Å². The Morgan fingerprint density at radius 3 is 2.62 bits per heavy atom. The number of hydrogen-bond donors (Lipinski definition) is 1. The van der Waals surface area contributed by atoms with Gasteiger partial charge in [-0.1, -0.05) is 5.21 Å². The molecule has 1 aromatic heterocycles. The minimum atomic E-state index is -0.546. The number of carbonyl (C=O) groups is 1. The van der Waals surface area contributed by atoms with Crippen LogP contribution in [0.15, 0.2) is 30.5 Å². The molecule has 2 aromatic rings. The van der Waals surface area contributed by atoms with Crippen molar-refractivity contribution in [3.05, 3.63) is 42.0 Å². The molecule has 0 fully saturated rings. The first-order chi connectivity index (χ1) is 9.83. The lowest BCUT2D eigenvalue weighted by Crippen LogP contribution is -2.32. The van der Waals surface area contributed by atoms with Crippen LogP contribution in [-0.2, 0) is 11.3 Å². The van der Waals surface area contributed by atoms with Gasteiger partial charge in [-0.3, -0.25) is 0 Å². The van der Waals surface area contributed by atoms with Crippen LogP contribution in [0.4, 0.5) is 9.18 Å². The highest BCUT2D eigenvalue weighted by atomic mass is 19.1. The highest BCUT2D eigenvalue weighted by molar-refractivity contribution is 5.67. The first kappa shape index (κ1) is 15.0. The van der Waals surface area contributed by atoms with E-state index in [1.807, 2.05) is 0 Å². The molecule has 1 aromatic carbocycles. The van der Waals surface area contributed by atoms with Crippen LogP contribution >= 0.6 is 0 Å². The van der Waals surface area contributed by atoms with Crippen LogP contribution < -0.4 is 5.32 Å². The van der Waals surface area contributed by atoms with Crippen LogP contribution in [0.5, 0.6) is 0 Å². The SMILES string of the molecule is CC(C)(C)OC(=O)NCc1cn(-c2ccc(F)cc2)nn1. The zero-order chi connectivity index (χ0) is 15.5. The van der Waals surface area contributed by atoms with Gasteiger partial charge in [0.15, 0.2) is 0 Å². The molecule has 6 nitrogen and oxygen atoms in total. The van der Waals surface area contributed by atoms with E-state index in [2.05, 4.69) is 15.6 Å². The molecule has 1 amide bonds. The maximum Gasteiger partial charge on any atom is 0.407 e. The van der Waals surface area contributed by atoms with Gasteiger partial charge in [-0.15, -0.1) is 5.10 Å². The molecule has 0 radical (unpaired) electrons. The molecule has 0 aliphatic rings. The zero-order valence-corrected chi connectivity index (χ0v) is 12.1. The van der Waals surface area contributed by atoms with Crippen molar-refractivity contribution in [2.75, 3.05) is 0 Å². The third-order valence-electron chi connectivity index (χ3n) is 2.44. The molecule has 0 unspecified atom stereocenters. The summed E-state index contributed by atoms with van der Waals surface area (Å²) in [6.45, 7) is 5.57. The maximum absolute atomic E-state index is 12.8. The summed E-state index contributed by atoms with van der Waals surface area (Å²) in [6.07, 6.45) is 1.14. The largest absolute Gasteiger partial charge is 0.444 e. The molecule has 1 heterocycles. The number of hydrogen-bond acceptors (Lipinski definition) is 4. The van der Waals surface area contributed by atoms with E-state index in [1.54, 1.807) is 39.1 Å². The molecule has 21 heavy (non-hydrogen) atoms. The van der Waals surface area contributed by atoms with Crippen molar-refractivity contribution >= 4 is 6.09 Å². The number of rotatable bonds is 3. The number of benzene rings is 1. The topological polar surface area (TPSA) is 69.0 Å². The van der Waals surface area contributed by atoms with Gasteiger partial charge in [-0.05, 0) is 45.0 Å². The van der Waals surface area contributed by atoms with Crippen molar-refractivity contribution in [1.82, 2.24) is 20.3 Å². The monoisotopic (exact) mass is 292 g/mol. The summed E-state index contributed by atoms with van der Waals surface area (Å²) in [5, 5.41) is 10.4. The predicted molar refractivity (Wildman–Crippen MR) is 74.4 cm³/mol. The average molecular weight is 292 g/mol. The van der Waals surface area contributed by atoms with Crippen LogP contribution in [0, 0.1) is 5.82 Å². The normalized spacial score (nSPS) is 11.2. The molecule has 0 saturated carbocycles. The highest BCUT2D eigenvalue weighted by Crippen LogP contribution is 2.09. The van der Waals surface area contributed by atoms with E-state index in [1.165, 1.54) is 16.8 Å². The molecule has 7 heteroatoms. The number of nitrogens with zero attached hydrogens (tertiary/aromatic N) is 3. The van der Waals surface area contributed by atoms with Gasteiger partial charge in [0.25, 0.3) is 0 Å². The molecular formula is C14H17FN4O2. The Bertz CT molecular complexity index is 617. The van der Waals surface area contributed by atoms with E-state index in [9.17, 15) is 9.18 Å². The number of nitrogens with one attached hydrogen (secondary N) is 1. The van der Waals surface area contributed by atoms with Crippen molar-refractivity contribution in [2.45, 2.75) is 32.9 Å². The van der Waals surface area contributed by atoms with E-state index < -0.39 is 11.7 Å². The van der Waals surface area contributed by atoms with Crippen LogP contribution in [0.3, 0.4) is 0 Å². The second kappa shape index (κ2) is 5.90. The summed E-state index contributed by atoms with van der Waals surface area (Å²) in [6, 6.07) is 5.87. The van der Waals surface area contributed by atoms with Crippen LogP contribution in [-0.4, -0.2) is 26.7 Å². The number of halogens is 1. The fourth-order valence-corrected chi connectivity index (χ4v) is 1.58. The quantitative estimate of drug-likeness (QED) is 0.943. The lowest BCUT2D eigenvalue weighted by Gasteiger charge is -2.19. The van der Waals surface area contributed by atoms with E-state index >= 15 is 0 Å². The Morgan fingerprint density at radius 2 is 2.00 bits per heavy atom. The number of carbonyl (C=O) groups excluding carboxylic acids is 1. The summed E-state index contributed by atoms with van der Waals surface area (Å²) >= 11 is 0. The summed E-state index contributed by atoms with van der Waals surface area (Å²) < 4.78 is 19.5. The van der Waals surface area contributed by atoms with Gasteiger partial charge in [0.2, 0.25) is 0 Å². The minimum Gasteiger partial charge on any atom is -0.444 e. The summed E-state index contributed by atoms with van der Waals surface area (Å²) in [4.78, 5) is 11.5. The molecule has 112 valence electrons. The van der Waals surface area contributed by atoms with Gasteiger partial charge in [0.1, 0.15) is 17.1 Å². The fourth-order valence-electron chi connectivity index (χ4n) is 1.58. The van der Waals surface area contributed by atoms with Crippen molar-refractivity contribution in [1.29, 1.82) is 0 Å². The van der Waals surface area contributed by atoms with Crippen molar-refractivity contribution < 1.29 is 13.9 Å². The lowest BCUT2D eigenvalue weighted by molar-refractivity contribution is 0.0523. The smallest absolute Gasteiger partial charge is 0.407 e. The Morgan fingerprint density at radius 1 is 1.33 bits per heavy atom. The average Bonchev–Trinajstić information content (AvgIpc) is 2.84. The second-order valence-electron chi connectivity index (χ2n) is 5.49. The van der Waals surface area contributed by atoms with Gasteiger partial charge in [-0.25, -0.2) is 13.9 Å². The van der Waals surface area contributed by atoms with Crippen LogP contribution in [0.1, 0.15) is 26.5 Å². The molecule has 0 bridgehead atoms. The molecule has 0 aliphatic heterocycles. The van der Waals surface area contributed by atoms with E-state index in [-0.39, 0.29) is 12.4 Å². The summed E-state index contributed by atoms with van der Waals surface area (Å²) in [5.41, 5.74) is 0.716. The number of alkyl carbamates (subject to hydrolysis) is 1. The third kappa shape index (κ3) is 4.55. The van der Waals surface area contributed by atoms with Gasteiger partial charge >= 0.3 is 6.09 Å². The third-order valence-corrected chi connectivity index (χ3v) is 2.44. The Balaban J connectivity index is 1.94. The minimum absolute atomic E-state index is 0.204. The first-order valence-electron chi connectivity index (χ1n) is 6.47. The molecule has 2 rings (SSSR count). The van der Waals surface area contributed by atoms with Gasteiger partial charge in [0.05, 0.1) is 18.4 Å². The molecular weight excluding hydrogens is 275 g/mol. The van der Waals surface area contributed by atoms with E-state index in [0.29, 0.717) is 11.4 Å². The lowest BCUT2D eigenvalue weighted by atomic mass is 10.2. The van der Waals surface area contributed by atoms with E-state index in [4.69, 9.17) is 4.74 Å². The Labute approximate surface area is 121 Å². The molecule has 0 atom stereocenters. The standard InChI is InChI=1S/C14H17FN4O2/c1-14(2,3)21-13(20)16-8-11-9-19(18-17-11)12-6-4-10(15)5-7-12/h4-7,9H,8H2,1-3H3,(H,16,20). The van der Waals surface area contributed by atoms with Crippen molar-refractivity contribution in [3.63, 3.8) is 0 Å². The maximum atomic E-state index is 12.8. The fraction of sp³-hybridized carbons (Fsp3) is 0.357. The molecule has 0 spiro atoms. The van der Waals surface area contributed by atoms with Crippen LogP contribution in [0.2, 0.25) is 0 Å². The van der Waals surface area contributed by atoms with Crippen molar-refractivity contribution in [2.24, 2.45) is 0 Å². The Hall–Kier alpha value is -2.44. The highest BCUT2D eigenvalue weighted by Gasteiger charge is 2.16.